The monoisotopic (exact) mass is 832 g/mol. The summed E-state index contributed by atoms with van der Waals surface area (Å²) < 4.78 is 56.7. The zero-order valence-electron chi connectivity index (χ0n) is 37.1. The maximum atomic E-state index is 17.7. The number of carbonyl (C=O) groups is 2. The van der Waals surface area contributed by atoms with Crippen molar-refractivity contribution in [3.05, 3.63) is 37.1 Å². The van der Waals surface area contributed by atoms with E-state index in [2.05, 4.69) is 9.97 Å². The van der Waals surface area contributed by atoms with E-state index in [0.717, 1.165) is 24.6 Å². The Balaban J connectivity index is 1.46. The molecular formula is C44H69FN4O10. The number of fused-ring (bicyclic) bond motifs is 1. The number of aliphatic hydroxyl groups excluding tert-OH is 2. The maximum Gasteiger partial charge on any atom is 0.346 e. The zero-order chi connectivity index (χ0) is 43.7. The van der Waals surface area contributed by atoms with Crippen LogP contribution < -0.4 is 0 Å². The van der Waals surface area contributed by atoms with Crippen molar-refractivity contribution >= 4 is 11.8 Å². The van der Waals surface area contributed by atoms with Crippen molar-refractivity contribution in [1.82, 2.24) is 19.4 Å². The molecule has 3 fully saturated rings. The Bertz CT molecular complexity index is 1720. The minimum absolute atomic E-state index is 0.0585. The van der Waals surface area contributed by atoms with Gasteiger partial charge in [0, 0.05) is 69.7 Å². The minimum atomic E-state index is -2.73. The number of rotatable bonds is 11. The molecule has 2 N–H and O–H groups in total. The first-order valence-corrected chi connectivity index (χ1v) is 21.2. The second kappa shape index (κ2) is 18.6. The van der Waals surface area contributed by atoms with Gasteiger partial charge in [0.1, 0.15) is 29.7 Å². The van der Waals surface area contributed by atoms with E-state index in [1.54, 1.807) is 65.3 Å². The summed E-state index contributed by atoms with van der Waals surface area (Å²) in [6, 6.07) is 3.08. The Hall–Kier alpha value is -2.89. The molecule has 3 aliphatic heterocycles. The van der Waals surface area contributed by atoms with Gasteiger partial charge in [-0.25, -0.2) is 19.1 Å². The molecule has 14 nitrogen and oxygen atoms in total. The number of hydrogen-bond donors (Lipinski definition) is 2. The van der Waals surface area contributed by atoms with E-state index in [0.29, 0.717) is 25.9 Å². The molecular weight excluding hydrogens is 763 g/mol. The predicted octanol–water partition coefficient (Wildman–Crippen LogP) is 5.72. The highest BCUT2D eigenvalue weighted by Crippen LogP contribution is 2.46. The average molecular weight is 833 g/mol. The highest BCUT2D eigenvalue weighted by atomic mass is 19.1. The smallest absolute Gasteiger partial charge is 0.346 e. The number of unbranched alkanes of at least 4 members (excludes halogenated alkanes) is 1. The molecule has 0 radical (unpaired) electrons. The third-order valence-electron chi connectivity index (χ3n) is 14.0. The van der Waals surface area contributed by atoms with Crippen LogP contribution in [0.5, 0.6) is 0 Å². The summed E-state index contributed by atoms with van der Waals surface area (Å²) in [5, 5.41) is 22.5. The standard InChI is InChI=1S/C44H69FN4O10/c1-13-33-44(10)36(49(40(53)59-44)20-15-14-19-48-24-32(47-25-48)31-17-16-18-46-23-31)28(4)35(50)26(2)21-41(7,54-11)29(5)27(3)38(43(9,45)39(52)57-33)58-34-22-42(8,55-12)37(51)30(6)56-34/h16-18,23-30,33-34,36-38,40,51,53H,13-15,19-22H2,1-12H3/t26-,27-,28+,29-,30+,33-,34+,36-,37+,38+,40?,41-,42-,43+,44-/m1/s1. The summed E-state index contributed by atoms with van der Waals surface area (Å²) in [4.78, 5) is 39.5. The van der Waals surface area contributed by atoms with Crippen molar-refractivity contribution < 1.29 is 52.6 Å². The first-order chi connectivity index (χ1) is 27.7. The van der Waals surface area contributed by atoms with Gasteiger partial charge in [0.05, 0.1) is 35.4 Å². The first kappa shape index (κ1) is 47.2. The number of Topliss-reactive ketones (excluding diaryl/α,β-unsaturated/α-hetero) is 1. The Labute approximate surface area is 349 Å². The van der Waals surface area contributed by atoms with Gasteiger partial charge >= 0.3 is 5.97 Å². The molecule has 15 atom stereocenters. The van der Waals surface area contributed by atoms with Crippen molar-refractivity contribution in [2.24, 2.45) is 23.7 Å². The van der Waals surface area contributed by atoms with Crippen LogP contribution in [0.25, 0.3) is 11.3 Å². The van der Waals surface area contributed by atoms with Crippen LogP contribution in [0.1, 0.15) is 101 Å². The van der Waals surface area contributed by atoms with Gasteiger partial charge in [0.25, 0.3) is 0 Å². The third-order valence-corrected chi connectivity index (χ3v) is 14.0. The molecule has 0 spiro atoms. The number of methoxy groups -OCH3 is 2. The molecule has 5 rings (SSSR count). The molecule has 1 unspecified atom stereocenters. The summed E-state index contributed by atoms with van der Waals surface area (Å²) in [6.45, 7) is 18.4. The van der Waals surface area contributed by atoms with Crippen LogP contribution in [0.15, 0.2) is 37.1 Å². The van der Waals surface area contributed by atoms with Crippen LogP contribution in [0, 0.1) is 23.7 Å². The lowest BCUT2D eigenvalue weighted by atomic mass is 9.69. The number of ketones is 1. The van der Waals surface area contributed by atoms with Gasteiger partial charge in [-0.05, 0) is 84.3 Å². The SMILES string of the molecule is CC[C@H]1OC(=O)[C@@](C)(F)[C@@H](O[C@H]2C[C@@](C)(OC)[C@@H](O)[C@H](C)O2)[C@H](C)[C@@H](C)[C@](C)(OC)C[C@@H](C)C(=O)[C@H](C)[C@H]2N(CCCCn3cnc(-c4cccnc4)c3)C(O)O[C@]12C. The van der Waals surface area contributed by atoms with Gasteiger partial charge in [-0.2, -0.15) is 0 Å². The van der Waals surface area contributed by atoms with Crippen LogP contribution in [0.3, 0.4) is 0 Å². The molecule has 2 aromatic rings. The topological polar surface area (TPSA) is 164 Å². The van der Waals surface area contributed by atoms with Crippen molar-refractivity contribution in [2.75, 3.05) is 20.8 Å². The Kier molecular flexibility index (Phi) is 14.9. The molecule has 0 saturated carbocycles. The van der Waals surface area contributed by atoms with E-state index >= 15 is 4.39 Å². The molecule has 3 aliphatic rings. The van der Waals surface area contributed by atoms with Gasteiger partial charge in [0.2, 0.25) is 12.1 Å². The number of aliphatic hydroxyl groups is 2. The number of alkyl halides is 1. The van der Waals surface area contributed by atoms with Crippen LogP contribution >= 0.6 is 0 Å². The Morgan fingerprint density at radius 2 is 1.66 bits per heavy atom. The number of hydrogen-bond acceptors (Lipinski definition) is 13. The largest absolute Gasteiger partial charge is 0.457 e. The van der Waals surface area contributed by atoms with E-state index in [-0.39, 0.29) is 18.6 Å². The van der Waals surface area contributed by atoms with E-state index in [4.69, 9.17) is 28.4 Å². The molecule has 0 aromatic carbocycles. The van der Waals surface area contributed by atoms with Crippen molar-refractivity contribution in [3.8, 4) is 11.3 Å². The van der Waals surface area contributed by atoms with Crippen LogP contribution in [-0.4, -0.2) is 128 Å². The van der Waals surface area contributed by atoms with Crippen LogP contribution in [0.4, 0.5) is 4.39 Å². The predicted molar refractivity (Wildman–Crippen MR) is 217 cm³/mol. The number of cyclic esters (lactones) is 1. The van der Waals surface area contributed by atoms with Crippen LogP contribution in [-0.2, 0) is 44.6 Å². The van der Waals surface area contributed by atoms with Crippen molar-refractivity contribution in [1.29, 1.82) is 0 Å². The lowest BCUT2D eigenvalue weighted by molar-refractivity contribution is -0.304. The number of esters is 1. The number of aryl methyl sites for hydroxylation is 1. The molecule has 0 aliphatic carbocycles. The van der Waals surface area contributed by atoms with Crippen molar-refractivity contribution in [3.63, 3.8) is 0 Å². The second-order valence-electron chi connectivity index (χ2n) is 18.1. The summed E-state index contributed by atoms with van der Waals surface area (Å²) in [7, 11) is 3.05. The molecule has 0 amide bonds. The number of imidazole rings is 1. The number of aromatic nitrogens is 3. The first-order valence-electron chi connectivity index (χ1n) is 21.2. The number of pyridine rings is 1. The highest BCUT2D eigenvalue weighted by molar-refractivity contribution is 5.84. The fourth-order valence-electron chi connectivity index (χ4n) is 9.92. The summed E-state index contributed by atoms with van der Waals surface area (Å²) >= 11 is 0. The molecule has 59 heavy (non-hydrogen) atoms. The van der Waals surface area contributed by atoms with Crippen LogP contribution in [0.2, 0.25) is 0 Å². The lowest BCUT2D eigenvalue weighted by Gasteiger charge is -2.48. The van der Waals surface area contributed by atoms with Gasteiger partial charge < -0.3 is 43.2 Å². The third kappa shape index (κ3) is 9.47. The number of nitrogens with zero attached hydrogens (tertiary/aromatic N) is 4. The summed E-state index contributed by atoms with van der Waals surface area (Å²) in [6.07, 6.45) is 2.52. The molecule has 332 valence electrons. The Morgan fingerprint density at radius 3 is 2.29 bits per heavy atom. The fourth-order valence-corrected chi connectivity index (χ4v) is 9.92. The van der Waals surface area contributed by atoms with Gasteiger partial charge in [0.15, 0.2) is 6.29 Å². The van der Waals surface area contributed by atoms with Crippen molar-refractivity contribution in [2.45, 2.75) is 174 Å². The maximum absolute atomic E-state index is 17.7. The van der Waals surface area contributed by atoms with Gasteiger partial charge in [-0.1, -0.05) is 34.6 Å². The summed E-state index contributed by atoms with van der Waals surface area (Å²) in [5.41, 5.74) is -4.44. The average Bonchev–Trinajstić information content (AvgIpc) is 3.79. The number of carbonyl (C=O) groups excluding carboxylic acids is 2. The van der Waals surface area contributed by atoms with E-state index in [1.807, 2.05) is 50.6 Å². The normalized spacial score (nSPS) is 41.6. The molecule has 3 saturated heterocycles. The minimum Gasteiger partial charge on any atom is -0.457 e. The summed E-state index contributed by atoms with van der Waals surface area (Å²) in [5.74, 6) is -3.56. The second-order valence-corrected chi connectivity index (χ2v) is 18.1. The van der Waals surface area contributed by atoms with E-state index < -0.39 is 95.3 Å². The lowest BCUT2D eigenvalue weighted by Crippen LogP contribution is -2.61. The molecule has 2 aromatic heterocycles. The number of ether oxygens (including phenoxy) is 6. The van der Waals surface area contributed by atoms with Gasteiger partial charge in [-0.3, -0.25) is 9.78 Å². The fraction of sp³-hybridized carbons (Fsp3) is 0.773. The zero-order valence-corrected chi connectivity index (χ0v) is 37.1. The number of halogens is 1. The molecule has 15 heteroatoms. The van der Waals surface area contributed by atoms with E-state index in [1.165, 1.54) is 7.11 Å². The molecule has 5 heterocycles. The van der Waals surface area contributed by atoms with Gasteiger partial charge in [-0.15, -0.1) is 0 Å². The quantitative estimate of drug-likeness (QED) is 0.209. The highest BCUT2D eigenvalue weighted by Gasteiger charge is 2.61. The Morgan fingerprint density at radius 1 is 0.983 bits per heavy atom. The molecule has 0 bridgehead atoms. The van der Waals surface area contributed by atoms with E-state index in [9.17, 15) is 19.8 Å².